The van der Waals surface area contributed by atoms with Crippen molar-refractivity contribution < 1.29 is 9.15 Å². The lowest BCUT2D eigenvalue weighted by Crippen LogP contribution is -2.13. The first-order valence-corrected chi connectivity index (χ1v) is 6.35. The van der Waals surface area contributed by atoms with E-state index in [2.05, 4.69) is 9.97 Å². The summed E-state index contributed by atoms with van der Waals surface area (Å²) in [6.45, 7) is 0. The summed E-state index contributed by atoms with van der Waals surface area (Å²) in [6.07, 6.45) is 2.04. The first-order chi connectivity index (χ1) is 9.76. The number of furan rings is 1. The average molecular weight is 269 g/mol. The van der Waals surface area contributed by atoms with Crippen molar-refractivity contribution in [2.24, 2.45) is 5.73 Å². The Balaban J connectivity index is 1.82. The van der Waals surface area contributed by atoms with E-state index in [1.807, 2.05) is 30.3 Å². The molecule has 2 N–H and O–H groups in total. The third-order valence-electron chi connectivity index (χ3n) is 3.15. The van der Waals surface area contributed by atoms with E-state index in [-0.39, 0.29) is 6.04 Å². The second-order valence-electron chi connectivity index (χ2n) is 4.55. The first-order valence-electron chi connectivity index (χ1n) is 6.35. The fraction of sp³-hybridized carbons (Fsp3) is 0.200. The highest BCUT2D eigenvalue weighted by Gasteiger charge is 2.14. The maximum Gasteiger partial charge on any atom is 0.216 e. The molecule has 0 saturated carbocycles. The summed E-state index contributed by atoms with van der Waals surface area (Å²) in [7, 11) is 1.57. The Hall–Kier alpha value is -2.40. The predicted molar refractivity (Wildman–Crippen MR) is 75.4 cm³/mol. The van der Waals surface area contributed by atoms with Crippen molar-refractivity contribution in [2.45, 2.75) is 12.5 Å². The third kappa shape index (κ3) is 2.48. The topological polar surface area (TPSA) is 74.2 Å². The molecule has 3 rings (SSSR count). The molecule has 1 atom stereocenters. The van der Waals surface area contributed by atoms with E-state index in [1.165, 1.54) is 6.33 Å². The van der Waals surface area contributed by atoms with Crippen LogP contribution in [0.3, 0.4) is 0 Å². The molecule has 1 unspecified atom stereocenters. The highest BCUT2D eigenvalue weighted by Crippen LogP contribution is 2.24. The molecular weight excluding hydrogens is 254 g/mol. The molecule has 20 heavy (non-hydrogen) atoms. The minimum absolute atomic E-state index is 0.248. The van der Waals surface area contributed by atoms with E-state index in [1.54, 1.807) is 13.2 Å². The number of benzene rings is 1. The molecule has 0 aliphatic heterocycles. The largest absolute Gasteiger partial charge is 0.481 e. The summed E-state index contributed by atoms with van der Waals surface area (Å²) in [4.78, 5) is 8.17. The molecule has 0 amide bonds. The third-order valence-corrected chi connectivity index (χ3v) is 3.15. The van der Waals surface area contributed by atoms with Crippen LogP contribution in [-0.2, 0) is 6.42 Å². The van der Waals surface area contributed by atoms with Crippen LogP contribution in [0.5, 0.6) is 5.88 Å². The zero-order valence-electron chi connectivity index (χ0n) is 11.1. The van der Waals surface area contributed by atoms with Crippen molar-refractivity contribution in [3.8, 4) is 5.88 Å². The lowest BCUT2D eigenvalue weighted by Gasteiger charge is -2.08. The van der Waals surface area contributed by atoms with E-state index >= 15 is 0 Å². The fourth-order valence-corrected chi connectivity index (χ4v) is 2.11. The molecule has 0 aliphatic carbocycles. The molecule has 2 heterocycles. The summed E-state index contributed by atoms with van der Waals surface area (Å²) in [5, 5.41) is 1.05. The number of para-hydroxylation sites is 1. The zero-order chi connectivity index (χ0) is 13.9. The van der Waals surface area contributed by atoms with Crippen LogP contribution in [0, 0.1) is 0 Å². The molecule has 0 fully saturated rings. The van der Waals surface area contributed by atoms with Gasteiger partial charge in [-0.05, 0) is 12.1 Å². The van der Waals surface area contributed by atoms with Crippen molar-refractivity contribution in [3.05, 3.63) is 54.2 Å². The Kier molecular flexibility index (Phi) is 3.35. The van der Waals surface area contributed by atoms with Crippen LogP contribution >= 0.6 is 0 Å². The van der Waals surface area contributed by atoms with Gasteiger partial charge in [0.2, 0.25) is 5.88 Å². The Morgan fingerprint density at radius 3 is 2.90 bits per heavy atom. The van der Waals surface area contributed by atoms with Crippen LogP contribution in [-0.4, -0.2) is 17.1 Å². The summed E-state index contributed by atoms with van der Waals surface area (Å²) in [5.74, 6) is 1.29. The number of methoxy groups -OCH3 is 1. The lowest BCUT2D eigenvalue weighted by molar-refractivity contribution is 0.395. The van der Waals surface area contributed by atoms with Crippen LogP contribution in [0.1, 0.15) is 17.5 Å². The van der Waals surface area contributed by atoms with Gasteiger partial charge in [-0.3, -0.25) is 0 Å². The number of hydrogen-bond donors (Lipinski definition) is 1. The zero-order valence-corrected chi connectivity index (χ0v) is 11.1. The first kappa shape index (κ1) is 12.6. The van der Waals surface area contributed by atoms with Crippen molar-refractivity contribution in [1.29, 1.82) is 0 Å². The minimum atomic E-state index is -0.248. The predicted octanol–water partition coefficient (Wildman–Crippen LogP) is 2.47. The smallest absolute Gasteiger partial charge is 0.216 e. The van der Waals surface area contributed by atoms with Gasteiger partial charge >= 0.3 is 0 Å². The van der Waals surface area contributed by atoms with Gasteiger partial charge in [-0.15, -0.1) is 0 Å². The maximum absolute atomic E-state index is 6.19. The molecule has 0 radical (unpaired) electrons. The Labute approximate surface area is 116 Å². The quantitative estimate of drug-likeness (QED) is 0.787. The molecule has 3 aromatic rings. The standard InChI is InChI=1S/C15H15N3O2/c1-19-15-8-11(17-9-18-15)7-12(16)14-6-10-4-2-3-5-13(10)20-14/h2-6,8-9,12H,7,16H2,1H3. The Bertz CT molecular complexity index is 691. The number of hydrogen-bond acceptors (Lipinski definition) is 5. The van der Waals surface area contributed by atoms with E-state index in [4.69, 9.17) is 14.9 Å². The van der Waals surface area contributed by atoms with Gasteiger partial charge < -0.3 is 14.9 Å². The lowest BCUT2D eigenvalue weighted by atomic mass is 10.1. The molecule has 2 aromatic heterocycles. The number of nitrogens with zero attached hydrogens (tertiary/aromatic N) is 2. The van der Waals surface area contributed by atoms with E-state index in [9.17, 15) is 0 Å². The number of ether oxygens (including phenoxy) is 1. The van der Waals surface area contributed by atoms with Crippen molar-refractivity contribution in [1.82, 2.24) is 9.97 Å². The highest BCUT2D eigenvalue weighted by molar-refractivity contribution is 5.77. The molecule has 0 bridgehead atoms. The van der Waals surface area contributed by atoms with E-state index in [0.717, 1.165) is 22.4 Å². The van der Waals surface area contributed by atoms with Gasteiger partial charge in [-0.2, -0.15) is 0 Å². The Morgan fingerprint density at radius 1 is 1.25 bits per heavy atom. The number of fused-ring (bicyclic) bond motifs is 1. The second kappa shape index (κ2) is 5.30. The van der Waals surface area contributed by atoms with Crippen LogP contribution < -0.4 is 10.5 Å². The van der Waals surface area contributed by atoms with Crippen LogP contribution in [0.4, 0.5) is 0 Å². The number of aromatic nitrogens is 2. The molecule has 1 aromatic carbocycles. The molecule has 0 saturated heterocycles. The molecular formula is C15H15N3O2. The molecule has 5 nitrogen and oxygen atoms in total. The normalized spacial score (nSPS) is 12.5. The molecule has 0 aliphatic rings. The van der Waals surface area contributed by atoms with Gasteiger partial charge in [0.15, 0.2) is 0 Å². The van der Waals surface area contributed by atoms with E-state index < -0.39 is 0 Å². The van der Waals surface area contributed by atoms with Crippen LogP contribution in [0.15, 0.2) is 47.1 Å². The van der Waals surface area contributed by atoms with Crippen molar-refractivity contribution in [3.63, 3.8) is 0 Å². The monoisotopic (exact) mass is 269 g/mol. The average Bonchev–Trinajstić information content (AvgIpc) is 2.91. The summed E-state index contributed by atoms with van der Waals surface area (Å²) in [5.41, 5.74) is 7.86. The van der Waals surface area contributed by atoms with Gasteiger partial charge in [0.05, 0.1) is 13.2 Å². The minimum Gasteiger partial charge on any atom is -0.481 e. The Morgan fingerprint density at radius 2 is 2.10 bits per heavy atom. The van der Waals surface area contributed by atoms with E-state index in [0.29, 0.717) is 12.3 Å². The second-order valence-corrected chi connectivity index (χ2v) is 4.55. The van der Waals surface area contributed by atoms with Gasteiger partial charge in [0.25, 0.3) is 0 Å². The molecule has 0 spiro atoms. The van der Waals surface area contributed by atoms with Gasteiger partial charge in [-0.1, -0.05) is 18.2 Å². The number of rotatable bonds is 4. The van der Waals surface area contributed by atoms with Crippen LogP contribution in [0.25, 0.3) is 11.0 Å². The van der Waals surface area contributed by atoms with Crippen LogP contribution in [0.2, 0.25) is 0 Å². The van der Waals surface area contributed by atoms with Gasteiger partial charge in [0.1, 0.15) is 17.7 Å². The molecule has 5 heteroatoms. The summed E-state index contributed by atoms with van der Waals surface area (Å²) in [6, 6.07) is 11.4. The summed E-state index contributed by atoms with van der Waals surface area (Å²) >= 11 is 0. The summed E-state index contributed by atoms with van der Waals surface area (Å²) < 4.78 is 10.8. The number of nitrogens with two attached hydrogens (primary N) is 1. The van der Waals surface area contributed by atoms with Gasteiger partial charge in [-0.25, -0.2) is 9.97 Å². The molecule has 102 valence electrons. The maximum atomic E-state index is 6.19. The van der Waals surface area contributed by atoms with Crippen molar-refractivity contribution in [2.75, 3.05) is 7.11 Å². The van der Waals surface area contributed by atoms with Gasteiger partial charge in [0, 0.05) is 23.6 Å². The van der Waals surface area contributed by atoms with Crippen molar-refractivity contribution >= 4 is 11.0 Å². The SMILES string of the molecule is COc1cc(CC(N)c2cc3ccccc3o2)ncn1. The fourth-order valence-electron chi connectivity index (χ4n) is 2.11. The highest BCUT2D eigenvalue weighted by atomic mass is 16.5.